The van der Waals surface area contributed by atoms with Gasteiger partial charge in [0.1, 0.15) is 6.10 Å². The van der Waals surface area contributed by atoms with Gasteiger partial charge in [-0.3, -0.25) is 9.59 Å². The molecule has 1 N–H and O–H groups in total. The summed E-state index contributed by atoms with van der Waals surface area (Å²) < 4.78 is 6.22. The fraction of sp³-hybridized carbons (Fsp3) is 0.684. The number of thiophene rings is 1. The minimum absolute atomic E-state index is 0.152. The zero-order valence-electron chi connectivity index (χ0n) is 15.2. The topological polar surface area (TPSA) is 70.1 Å². The van der Waals surface area contributed by atoms with Gasteiger partial charge >= 0.3 is 0 Å². The lowest BCUT2D eigenvalue weighted by Gasteiger charge is -2.44. The number of fused-ring (bicyclic) bond motifs is 2. The number of likely N-dealkylation sites (tertiary alicyclic amines) is 2. The van der Waals surface area contributed by atoms with Gasteiger partial charge in [-0.1, -0.05) is 0 Å². The lowest BCUT2D eigenvalue weighted by Crippen LogP contribution is -2.50. The average molecular weight is 378 g/mol. The molecule has 142 valence electrons. The molecule has 2 fully saturated rings. The third kappa shape index (κ3) is 3.06. The average Bonchev–Trinajstić information content (AvgIpc) is 3.32. The summed E-state index contributed by atoms with van der Waals surface area (Å²) in [5, 5.41) is 9.54. The number of nitrogens with zero attached hydrogens (tertiary/aromatic N) is 2. The first-order chi connectivity index (χ1) is 12.5. The molecule has 4 rings (SSSR count). The highest BCUT2D eigenvalue weighted by Crippen LogP contribution is 2.45. The quantitative estimate of drug-likeness (QED) is 0.851. The summed E-state index contributed by atoms with van der Waals surface area (Å²) in [5.74, 6) is -0.0649. The molecule has 1 aromatic rings. The van der Waals surface area contributed by atoms with E-state index in [1.807, 2.05) is 11.0 Å². The highest BCUT2D eigenvalue weighted by atomic mass is 32.1. The summed E-state index contributed by atoms with van der Waals surface area (Å²) in [6, 6.07) is 2.05. The van der Waals surface area contributed by atoms with Gasteiger partial charge in [0.25, 0.3) is 11.8 Å². The first kappa shape index (κ1) is 17.9. The predicted octanol–water partition coefficient (Wildman–Crippen LogP) is 1.76. The molecule has 0 bridgehead atoms. The summed E-state index contributed by atoms with van der Waals surface area (Å²) in [6.45, 7) is 5.05. The number of aliphatic hydroxyl groups excluding tert-OH is 1. The van der Waals surface area contributed by atoms with Crippen LogP contribution in [0.2, 0.25) is 0 Å². The lowest BCUT2D eigenvalue weighted by atomic mass is 9.82. The number of hydrogen-bond donors (Lipinski definition) is 1. The molecule has 1 aromatic heterocycles. The van der Waals surface area contributed by atoms with E-state index in [9.17, 15) is 14.7 Å². The summed E-state index contributed by atoms with van der Waals surface area (Å²) >= 11 is 1.62. The van der Waals surface area contributed by atoms with Gasteiger partial charge in [-0.05, 0) is 44.2 Å². The Balaban J connectivity index is 1.54. The molecular weight excluding hydrogens is 352 g/mol. The first-order valence-electron chi connectivity index (χ1n) is 9.53. The van der Waals surface area contributed by atoms with Crippen molar-refractivity contribution < 1.29 is 19.4 Å². The van der Waals surface area contributed by atoms with Gasteiger partial charge in [0.05, 0.1) is 17.1 Å². The number of hydrogen-bond acceptors (Lipinski definition) is 5. The fourth-order valence-corrected chi connectivity index (χ4v) is 5.56. The van der Waals surface area contributed by atoms with Crippen molar-refractivity contribution in [2.45, 2.75) is 50.7 Å². The Kier molecular flexibility index (Phi) is 4.79. The number of carbonyl (C=O) groups is 2. The molecular formula is C19H26N2O4S. The van der Waals surface area contributed by atoms with Gasteiger partial charge in [0, 0.05) is 37.5 Å². The maximum atomic E-state index is 12.8. The summed E-state index contributed by atoms with van der Waals surface area (Å²) in [7, 11) is 0. The molecule has 6 nitrogen and oxygen atoms in total. The van der Waals surface area contributed by atoms with Crippen LogP contribution >= 0.6 is 11.3 Å². The maximum Gasteiger partial charge on any atom is 0.263 e. The Morgan fingerprint density at radius 1 is 1.19 bits per heavy atom. The van der Waals surface area contributed by atoms with Crippen molar-refractivity contribution in [3.8, 4) is 0 Å². The Bertz CT molecular complexity index is 700. The van der Waals surface area contributed by atoms with Gasteiger partial charge in [0.15, 0.2) is 0 Å². The molecule has 2 saturated heterocycles. The SMILES string of the molecule is CC(O)C(=O)N1CCC2(CC1)OCCc1sc(C(=O)N3CCCC3)cc12. The molecule has 3 aliphatic rings. The Hall–Kier alpha value is -1.44. The molecule has 3 aliphatic heterocycles. The van der Waals surface area contributed by atoms with Crippen molar-refractivity contribution in [1.29, 1.82) is 0 Å². The third-order valence-electron chi connectivity index (χ3n) is 5.85. The van der Waals surface area contributed by atoms with Crippen LogP contribution in [0.1, 0.15) is 52.7 Å². The molecule has 0 aliphatic carbocycles. The number of aliphatic hydroxyl groups is 1. The fourth-order valence-electron chi connectivity index (χ4n) is 4.36. The van der Waals surface area contributed by atoms with E-state index in [-0.39, 0.29) is 17.4 Å². The zero-order valence-corrected chi connectivity index (χ0v) is 16.0. The monoisotopic (exact) mass is 378 g/mol. The third-order valence-corrected chi connectivity index (χ3v) is 7.03. The highest BCUT2D eigenvalue weighted by molar-refractivity contribution is 7.14. The standard InChI is InChI=1S/C19H26N2O4S/c1-13(22)17(23)21-9-5-19(6-10-21)14-12-16(26-15(14)4-11-25-19)18(24)20-7-2-3-8-20/h12-13,22H,2-11H2,1H3. The van der Waals surface area contributed by atoms with E-state index in [2.05, 4.69) is 0 Å². The van der Waals surface area contributed by atoms with Crippen LogP contribution in [0.15, 0.2) is 6.07 Å². The van der Waals surface area contributed by atoms with Gasteiger partial charge < -0.3 is 19.6 Å². The maximum absolute atomic E-state index is 12.8. The van der Waals surface area contributed by atoms with E-state index in [1.165, 1.54) is 11.8 Å². The highest BCUT2D eigenvalue weighted by Gasteiger charge is 2.43. The first-order valence-corrected chi connectivity index (χ1v) is 10.4. The second-order valence-electron chi connectivity index (χ2n) is 7.54. The Morgan fingerprint density at radius 2 is 1.88 bits per heavy atom. The van der Waals surface area contributed by atoms with Crippen LogP contribution in [0, 0.1) is 0 Å². The number of piperidine rings is 1. The van der Waals surface area contributed by atoms with E-state index in [0.29, 0.717) is 32.5 Å². The van der Waals surface area contributed by atoms with Crippen molar-refractivity contribution in [3.63, 3.8) is 0 Å². The minimum Gasteiger partial charge on any atom is -0.384 e. The molecule has 1 atom stereocenters. The molecule has 26 heavy (non-hydrogen) atoms. The smallest absolute Gasteiger partial charge is 0.263 e. The largest absolute Gasteiger partial charge is 0.384 e. The molecule has 2 amide bonds. The van der Waals surface area contributed by atoms with Crippen molar-refractivity contribution >= 4 is 23.2 Å². The number of rotatable bonds is 2. The van der Waals surface area contributed by atoms with Crippen LogP contribution < -0.4 is 0 Å². The molecule has 4 heterocycles. The van der Waals surface area contributed by atoms with E-state index in [1.54, 1.807) is 16.2 Å². The van der Waals surface area contributed by atoms with Crippen LogP contribution in [0.5, 0.6) is 0 Å². The summed E-state index contributed by atoms with van der Waals surface area (Å²) in [4.78, 5) is 30.6. The number of carbonyl (C=O) groups excluding carboxylic acids is 2. The van der Waals surface area contributed by atoms with E-state index in [4.69, 9.17) is 4.74 Å². The number of amides is 2. The van der Waals surface area contributed by atoms with Gasteiger partial charge in [0.2, 0.25) is 0 Å². The van der Waals surface area contributed by atoms with Crippen molar-refractivity contribution in [1.82, 2.24) is 9.80 Å². The van der Waals surface area contributed by atoms with Crippen molar-refractivity contribution in [3.05, 3.63) is 21.4 Å². The van der Waals surface area contributed by atoms with Gasteiger partial charge in [-0.25, -0.2) is 0 Å². The van der Waals surface area contributed by atoms with Crippen LogP contribution in [0.3, 0.4) is 0 Å². The molecule has 0 radical (unpaired) electrons. The van der Waals surface area contributed by atoms with E-state index in [0.717, 1.165) is 42.8 Å². The normalized spacial score (nSPS) is 23.2. The minimum atomic E-state index is -0.960. The molecule has 1 unspecified atom stereocenters. The Morgan fingerprint density at radius 3 is 2.54 bits per heavy atom. The van der Waals surface area contributed by atoms with Crippen molar-refractivity contribution in [2.75, 3.05) is 32.8 Å². The van der Waals surface area contributed by atoms with Gasteiger partial charge in [-0.15, -0.1) is 11.3 Å². The molecule has 7 heteroatoms. The molecule has 0 aromatic carbocycles. The van der Waals surface area contributed by atoms with Gasteiger partial charge in [-0.2, -0.15) is 0 Å². The lowest BCUT2D eigenvalue weighted by molar-refractivity contribution is -0.148. The second-order valence-corrected chi connectivity index (χ2v) is 8.68. The number of ether oxygens (including phenoxy) is 1. The van der Waals surface area contributed by atoms with E-state index < -0.39 is 6.10 Å². The molecule has 1 spiro atoms. The van der Waals surface area contributed by atoms with Crippen LogP contribution in [-0.2, 0) is 21.6 Å². The molecule has 0 saturated carbocycles. The summed E-state index contributed by atoms with van der Waals surface area (Å²) in [6.07, 6.45) is 3.51. The van der Waals surface area contributed by atoms with Crippen LogP contribution in [0.4, 0.5) is 0 Å². The summed E-state index contributed by atoms with van der Waals surface area (Å²) in [5.41, 5.74) is 0.767. The Labute approximate surface area is 157 Å². The van der Waals surface area contributed by atoms with Crippen LogP contribution in [0.25, 0.3) is 0 Å². The van der Waals surface area contributed by atoms with Crippen LogP contribution in [-0.4, -0.2) is 65.6 Å². The zero-order chi connectivity index (χ0) is 18.3. The van der Waals surface area contributed by atoms with Crippen molar-refractivity contribution in [2.24, 2.45) is 0 Å². The predicted molar refractivity (Wildman–Crippen MR) is 98.3 cm³/mol. The second kappa shape index (κ2) is 6.94. The van der Waals surface area contributed by atoms with E-state index >= 15 is 0 Å².